The van der Waals surface area contributed by atoms with Crippen LogP contribution in [0, 0.1) is 0 Å². The minimum absolute atomic E-state index is 0.0404. The van der Waals surface area contributed by atoms with Crippen molar-refractivity contribution in [3.05, 3.63) is 70.2 Å². The van der Waals surface area contributed by atoms with Crippen molar-refractivity contribution in [2.24, 2.45) is 0 Å². The largest absolute Gasteiger partial charge is 0.445 e. The molecule has 0 radical (unpaired) electrons. The zero-order chi connectivity index (χ0) is 15.2. The summed E-state index contributed by atoms with van der Waals surface area (Å²) in [6, 6.07) is 17.6. The monoisotopic (exact) mass is 347 g/mol. The summed E-state index contributed by atoms with van der Waals surface area (Å²) in [4.78, 5) is 13.7. The fourth-order valence-electron chi connectivity index (χ4n) is 1.94. The fraction of sp³-hybridized carbons (Fsp3) is 0.235. The molecule has 0 aliphatic rings. The van der Waals surface area contributed by atoms with Gasteiger partial charge in [0.1, 0.15) is 6.61 Å². The van der Waals surface area contributed by atoms with Crippen LogP contribution in [0.2, 0.25) is 0 Å². The number of ether oxygens (including phenoxy) is 1. The average Bonchev–Trinajstić information content (AvgIpc) is 2.53. The Bertz CT molecular complexity index is 583. The van der Waals surface area contributed by atoms with Crippen molar-refractivity contribution >= 4 is 22.0 Å². The smallest absolute Gasteiger partial charge is 0.410 e. The maximum atomic E-state index is 12.1. The third kappa shape index (κ3) is 4.33. The first-order valence-electron chi connectivity index (χ1n) is 6.77. The van der Waals surface area contributed by atoms with Crippen molar-refractivity contribution in [2.75, 3.05) is 7.05 Å². The van der Waals surface area contributed by atoms with Crippen LogP contribution in [-0.2, 0) is 11.3 Å². The number of hydrogen-bond donors (Lipinski definition) is 0. The molecule has 2 aromatic rings. The molecule has 0 heterocycles. The highest BCUT2D eigenvalue weighted by atomic mass is 79.9. The Morgan fingerprint density at radius 3 is 2.38 bits per heavy atom. The van der Waals surface area contributed by atoms with Gasteiger partial charge in [0.05, 0.1) is 6.04 Å². The first-order valence-corrected chi connectivity index (χ1v) is 7.56. The molecular formula is C17H18BrNO2. The third-order valence-corrected chi connectivity index (χ3v) is 3.96. The van der Waals surface area contributed by atoms with Gasteiger partial charge in [-0.1, -0.05) is 58.4 Å². The molecule has 0 saturated heterocycles. The Morgan fingerprint density at radius 2 is 1.76 bits per heavy atom. The van der Waals surface area contributed by atoms with Crippen molar-refractivity contribution in [1.29, 1.82) is 0 Å². The van der Waals surface area contributed by atoms with Crippen molar-refractivity contribution in [2.45, 2.75) is 19.6 Å². The molecule has 0 spiro atoms. The Balaban J connectivity index is 1.94. The van der Waals surface area contributed by atoms with E-state index in [2.05, 4.69) is 15.9 Å². The highest BCUT2D eigenvalue weighted by Gasteiger charge is 2.18. The van der Waals surface area contributed by atoms with Gasteiger partial charge in [-0.3, -0.25) is 0 Å². The molecule has 0 aliphatic heterocycles. The summed E-state index contributed by atoms with van der Waals surface area (Å²) in [5, 5.41) is 0. The molecule has 21 heavy (non-hydrogen) atoms. The van der Waals surface area contributed by atoms with Gasteiger partial charge in [0.25, 0.3) is 0 Å². The molecule has 0 saturated carbocycles. The van der Waals surface area contributed by atoms with Gasteiger partial charge in [-0.25, -0.2) is 4.79 Å². The lowest BCUT2D eigenvalue weighted by atomic mass is 10.1. The van der Waals surface area contributed by atoms with Crippen molar-refractivity contribution in [3.63, 3.8) is 0 Å². The molecule has 0 bridgehead atoms. The van der Waals surface area contributed by atoms with Crippen LogP contribution in [0.3, 0.4) is 0 Å². The van der Waals surface area contributed by atoms with E-state index < -0.39 is 0 Å². The van der Waals surface area contributed by atoms with Crippen LogP contribution in [0.4, 0.5) is 4.79 Å². The van der Waals surface area contributed by atoms with Crippen molar-refractivity contribution < 1.29 is 9.53 Å². The number of carbonyl (C=O) groups excluding carboxylic acids is 1. The van der Waals surface area contributed by atoms with E-state index in [0.29, 0.717) is 0 Å². The van der Waals surface area contributed by atoms with E-state index >= 15 is 0 Å². The third-order valence-electron chi connectivity index (χ3n) is 3.43. The highest BCUT2D eigenvalue weighted by molar-refractivity contribution is 9.10. The summed E-state index contributed by atoms with van der Waals surface area (Å²) in [7, 11) is 1.75. The van der Waals surface area contributed by atoms with Gasteiger partial charge in [-0.2, -0.15) is 0 Å². The second-order valence-corrected chi connectivity index (χ2v) is 5.79. The second kappa shape index (κ2) is 7.27. The van der Waals surface area contributed by atoms with Crippen LogP contribution >= 0.6 is 15.9 Å². The SMILES string of the molecule is CC(c1ccc(Br)cc1)N(C)C(=O)OCc1ccccc1. The van der Waals surface area contributed by atoms with Crippen LogP contribution in [0.1, 0.15) is 24.1 Å². The number of hydrogen-bond acceptors (Lipinski definition) is 2. The number of halogens is 1. The maximum absolute atomic E-state index is 12.1. The highest BCUT2D eigenvalue weighted by Crippen LogP contribution is 2.21. The quantitative estimate of drug-likeness (QED) is 0.796. The summed E-state index contributed by atoms with van der Waals surface area (Å²) in [6.45, 7) is 2.27. The number of amides is 1. The summed E-state index contributed by atoms with van der Waals surface area (Å²) in [6.07, 6.45) is -0.325. The van der Waals surface area contributed by atoms with Gasteiger partial charge in [-0.15, -0.1) is 0 Å². The number of carbonyl (C=O) groups is 1. The minimum Gasteiger partial charge on any atom is -0.445 e. The predicted molar refractivity (Wildman–Crippen MR) is 86.9 cm³/mol. The van der Waals surface area contributed by atoms with Crippen molar-refractivity contribution in [3.8, 4) is 0 Å². The molecule has 0 aromatic heterocycles. The van der Waals surface area contributed by atoms with Crippen LogP contribution in [-0.4, -0.2) is 18.0 Å². The second-order valence-electron chi connectivity index (χ2n) is 4.88. The Morgan fingerprint density at radius 1 is 1.14 bits per heavy atom. The van der Waals surface area contributed by atoms with Gasteiger partial charge >= 0.3 is 6.09 Å². The molecule has 0 aliphatic carbocycles. The molecule has 3 nitrogen and oxygen atoms in total. The average molecular weight is 348 g/mol. The zero-order valence-electron chi connectivity index (χ0n) is 12.1. The lowest BCUT2D eigenvalue weighted by molar-refractivity contribution is 0.0934. The normalized spacial score (nSPS) is 11.8. The molecule has 0 fully saturated rings. The molecule has 2 rings (SSSR count). The molecular weight excluding hydrogens is 330 g/mol. The first-order chi connectivity index (χ1) is 10.1. The number of nitrogens with zero attached hydrogens (tertiary/aromatic N) is 1. The number of rotatable bonds is 4. The Labute approximate surface area is 133 Å². The summed E-state index contributed by atoms with van der Waals surface area (Å²) >= 11 is 3.41. The van der Waals surface area contributed by atoms with E-state index in [1.54, 1.807) is 11.9 Å². The zero-order valence-corrected chi connectivity index (χ0v) is 13.7. The van der Waals surface area contributed by atoms with E-state index in [0.717, 1.165) is 15.6 Å². The summed E-state index contributed by atoms with van der Waals surface area (Å²) in [5.74, 6) is 0. The van der Waals surface area contributed by atoms with Crippen LogP contribution < -0.4 is 0 Å². The standard InChI is InChI=1S/C17H18BrNO2/c1-13(15-8-10-16(18)11-9-15)19(2)17(20)21-12-14-6-4-3-5-7-14/h3-11,13H,12H2,1-2H3. The first kappa shape index (κ1) is 15.6. The van der Waals surface area contributed by atoms with E-state index in [-0.39, 0.29) is 18.7 Å². The number of benzene rings is 2. The Hall–Kier alpha value is -1.81. The van der Waals surface area contributed by atoms with E-state index in [9.17, 15) is 4.79 Å². The lowest BCUT2D eigenvalue weighted by Gasteiger charge is -2.24. The van der Waals surface area contributed by atoms with Gasteiger partial charge in [-0.05, 0) is 30.2 Å². The predicted octanol–water partition coefficient (Wildman–Crippen LogP) is 4.78. The lowest BCUT2D eigenvalue weighted by Crippen LogP contribution is -2.30. The maximum Gasteiger partial charge on any atom is 0.410 e. The van der Waals surface area contributed by atoms with Gasteiger partial charge in [0, 0.05) is 11.5 Å². The molecule has 1 atom stereocenters. The molecule has 4 heteroatoms. The van der Waals surface area contributed by atoms with Crippen molar-refractivity contribution in [1.82, 2.24) is 4.90 Å². The van der Waals surface area contributed by atoms with Crippen LogP contribution in [0.5, 0.6) is 0 Å². The van der Waals surface area contributed by atoms with E-state index in [4.69, 9.17) is 4.74 Å². The van der Waals surface area contributed by atoms with Crippen LogP contribution in [0.25, 0.3) is 0 Å². The summed E-state index contributed by atoms with van der Waals surface area (Å²) in [5.41, 5.74) is 2.05. The van der Waals surface area contributed by atoms with Gasteiger partial charge in [0.2, 0.25) is 0 Å². The summed E-state index contributed by atoms with van der Waals surface area (Å²) < 4.78 is 6.36. The Kier molecular flexibility index (Phi) is 5.39. The molecule has 2 aromatic carbocycles. The molecule has 110 valence electrons. The molecule has 0 N–H and O–H groups in total. The van der Waals surface area contributed by atoms with E-state index in [1.807, 2.05) is 61.5 Å². The topological polar surface area (TPSA) is 29.5 Å². The van der Waals surface area contributed by atoms with Gasteiger partial charge < -0.3 is 9.64 Å². The van der Waals surface area contributed by atoms with Crippen LogP contribution in [0.15, 0.2) is 59.1 Å². The van der Waals surface area contributed by atoms with E-state index in [1.165, 1.54) is 0 Å². The minimum atomic E-state index is -0.325. The van der Waals surface area contributed by atoms with Gasteiger partial charge in [0.15, 0.2) is 0 Å². The molecule has 1 unspecified atom stereocenters. The molecule has 1 amide bonds. The fourth-order valence-corrected chi connectivity index (χ4v) is 2.21.